The molecule has 0 atom stereocenters. The maximum absolute atomic E-state index is 14.2. The molecular formula is C18H21F2N3O4. The second kappa shape index (κ2) is 8.15. The molecular weight excluding hydrogens is 360 g/mol. The van der Waals surface area contributed by atoms with E-state index in [-0.39, 0.29) is 17.7 Å². The number of amides is 1. The molecule has 0 aliphatic rings. The molecule has 0 bridgehead atoms. The number of ether oxygens (including phenoxy) is 1. The molecule has 2 N–H and O–H groups in total. The molecule has 2 rings (SSSR count). The molecule has 0 saturated carbocycles. The van der Waals surface area contributed by atoms with E-state index in [1.807, 2.05) is 0 Å². The molecule has 0 fully saturated rings. The Hall–Kier alpha value is -2.97. The van der Waals surface area contributed by atoms with Crippen LogP contribution in [-0.4, -0.2) is 39.1 Å². The Morgan fingerprint density at radius 2 is 1.96 bits per heavy atom. The van der Waals surface area contributed by atoms with Crippen LogP contribution >= 0.6 is 0 Å². The molecule has 1 aromatic carbocycles. The lowest BCUT2D eigenvalue weighted by molar-refractivity contribution is -0.136. The molecule has 0 spiro atoms. The van der Waals surface area contributed by atoms with E-state index in [1.54, 1.807) is 20.8 Å². The summed E-state index contributed by atoms with van der Waals surface area (Å²) in [6.45, 7) is 5.80. The zero-order valence-electron chi connectivity index (χ0n) is 15.3. The van der Waals surface area contributed by atoms with Crippen molar-refractivity contribution in [2.24, 2.45) is 0 Å². The summed E-state index contributed by atoms with van der Waals surface area (Å²) >= 11 is 0. The van der Waals surface area contributed by atoms with Crippen molar-refractivity contribution < 1.29 is 28.2 Å². The number of carbonyl (C=O) groups is 2. The van der Waals surface area contributed by atoms with Crippen LogP contribution in [0.1, 0.15) is 26.3 Å². The molecule has 0 unspecified atom stereocenters. The van der Waals surface area contributed by atoms with Gasteiger partial charge in [-0.2, -0.15) is 5.10 Å². The van der Waals surface area contributed by atoms with Gasteiger partial charge in [0.1, 0.15) is 17.2 Å². The summed E-state index contributed by atoms with van der Waals surface area (Å²) in [6, 6.07) is 1.83. The summed E-state index contributed by atoms with van der Waals surface area (Å²) in [5.41, 5.74) is -0.506. The van der Waals surface area contributed by atoms with Crippen molar-refractivity contribution in [2.75, 3.05) is 6.54 Å². The van der Waals surface area contributed by atoms with Crippen LogP contribution < -0.4 is 5.32 Å². The number of rotatable bonds is 6. The second-order valence-electron chi connectivity index (χ2n) is 6.91. The first-order chi connectivity index (χ1) is 12.5. The molecule has 0 aliphatic carbocycles. The van der Waals surface area contributed by atoms with Crippen LogP contribution in [0.2, 0.25) is 0 Å². The minimum Gasteiger partial charge on any atom is -0.481 e. The fourth-order valence-corrected chi connectivity index (χ4v) is 2.32. The van der Waals surface area contributed by atoms with Crippen molar-refractivity contribution in [1.82, 2.24) is 15.1 Å². The van der Waals surface area contributed by atoms with E-state index in [0.717, 1.165) is 12.1 Å². The van der Waals surface area contributed by atoms with E-state index in [4.69, 9.17) is 9.84 Å². The highest BCUT2D eigenvalue weighted by Crippen LogP contribution is 2.25. The summed E-state index contributed by atoms with van der Waals surface area (Å²) in [4.78, 5) is 22.2. The number of hydrogen-bond donors (Lipinski definition) is 2. The van der Waals surface area contributed by atoms with Gasteiger partial charge < -0.3 is 15.2 Å². The fraction of sp³-hybridized carbons (Fsp3) is 0.389. The van der Waals surface area contributed by atoms with Crippen molar-refractivity contribution >= 4 is 12.1 Å². The van der Waals surface area contributed by atoms with Gasteiger partial charge in [0.2, 0.25) is 0 Å². The largest absolute Gasteiger partial charge is 0.481 e. The number of carboxylic acid groups (broad SMARTS) is 1. The van der Waals surface area contributed by atoms with Crippen LogP contribution in [0.15, 0.2) is 24.5 Å². The topological polar surface area (TPSA) is 93.5 Å². The minimum absolute atomic E-state index is 0.0204. The number of benzene rings is 1. The number of carbonyl (C=O) groups excluding carboxylic acids is 1. The monoisotopic (exact) mass is 381 g/mol. The number of nitrogens with one attached hydrogen (secondary N) is 1. The first-order valence-electron chi connectivity index (χ1n) is 8.24. The Morgan fingerprint density at radius 3 is 2.59 bits per heavy atom. The third-order valence-corrected chi connectivity index (χ3v) is 3.43. The number of aromatic nitrogens is 2. The van der Waals surface area contributed by atoms with Crippen molar-refractivity contribution in [3.63, 3.8) is 0 Å². The molecule has 2 aromatic rings. The number of nitrogens with zero attached hydrogens (tertiary/aromatic N) is 2. The molecule has 0 saturated heterocycles. The predicted octanol–water partition coefficient (Wildman–Crippen LogP) is 2.98. The highest BCUT2D eigenvalue weighted by Gasteiger charge is 2.16. The summed E-state index contributed by atoms with van der Waals surface area (Å²) in [5.74, 6) is -2.78. The third-order valence-electron chi connectivity index (χ3n) is 3.43. The zero-order chi connectivity index (χ0) is 20.2. The van der Waals surface area contributed by atoms with Crippen LogP contribution in [0.5, 0.6) is 0 Å². The Bertz CT molecular complexity index is 844. The lowest BCUT2D eigenvalue weighted by Gasteiger charge is -2.19. The highest BCUT2D eigenvalue weighted by atomic mass is 19.1. The summed E-state index contributed by atoms with van der Waals surface area (Å²) < 4.78 is 34.8. The SMILES string of the molecule is CC(C)(C)OC(=O)NCCn1cc(-c2cc(F)c(CC(=O)O)cc2F)cn1. The van der Waals surface area contributed by atoms with Crippen molar-refractivity contribution in [3.8, 4) is 11.1 Å². The van der Waals surface area contributed by atoms with Crippen molar-refractivity contribution in [1.29, 1.82) is 0 Å². The average Bonchev–Trinajstić information content (AvgIpc) is 2.97. The zero-order valence-corrected chi connectivity index (χ0v) is 15.3. The van der Waals surface area contributed by atoms with Gasteiger partial charge in [-0.3, -0.25) is 9.48 Å². The molecule has 9 heteroatoms. The molecule has 27 heavy (non-hydrogen) atoms. The summed E-state index contributed by atoms with van der Waals surface area (Å²) in [6.07, 6.45) is 1.71. The number of aliphatic carboxylic acids is 1. The van der Waals surface area contributed by atoms with E-state index < -0.39 is 35.7 Å². The van der Waals surface area contributed by atoms with Crippen molar-refractivity contribution in [3.05, 3.63) is 41.7 Å². The normalized spacial score (nSPS) is 11.3. The maximum Gasteiger partial charge on any atom is 0.407 e. The summed E-state index contributed by atoms with van der Waals surface area (Å²) in [7, 11) is 0. The Kier molecular flexibility index (Phi) is 6.14. The number of halogens is 2. The maximum atomic E-state index is 14.2. The standard InChI is InChI=1S/C18H21F2N3O4/c1-18(2,3)27-17(26)21-4-5-23-10-12(9-22-23)13-8-14(19)11(6-15(13)20)7-16(24)25/h6,8-10H,4-5,7H2,1-3H3,(H,21,26)(H,24,25). The van der Waals surface area contributed by atoms with Gasteiger partial charge in [-0.15, -0.1) is 0 Å². The smallest absolute Gasteiger partial charge is 0.407 e. The van der Waals surface area contributed by atoms with E-state index in [2.05, 4.69) is 10.4 Å². The lowest BCUT2D eigenvalue weighted by Crippen LogP contribution is -2.34. The van der Waals surface area contributed by atoms with Crippen LogP contribution in [0, 0.1) is 11.6 Å². The van der Waals surface area contributed by atoms with Gasteiger partial charge in [-0.25, -0.2) is 13.6 Å². The molecule has 146 valence electrons. The average molecular weight is 381 g/mol. The fourth-order valence-electron chi connectivity index (χ4n) is 2.32. The number of alkyl carbamates (subject to hydrolysis) is 1. The first kappa shape index (κ1) is 20.3. The van der Waals surface area contributed by atoms with Crippen LogP contribution in [0.4, 0.5) is 13.6 Å². The Morgan fingerprint density at radius 1 is 1.26 bits per heavy atom. The lowest BCUT2D eigenvalue weighted by atomic mass is 10.0. The van der Waals surface area contributed by atoms with Gasteiger partial charge in [-0.05, 0) is 32.9 Å². The Labute approximate surface area is 154 Å². The van der Waals surface area contributed by atoms with Gasteiger partial charge in [0.05, 0.1) is 19.2 Å². The number of carboxylic acids is 1. The quantitative estimate of drug-likeness (QED) is 0.802. The summed E-state index contributed by atoms with van der Waals surface area (Å²) in [5, 5.41) is 15.3. The Balaban J connectivity index is 2.02. The van der Waals surface area contributed by atoms with Crippen LogP contribution in [0.3, 0.4) is 0 Å². The number of hydrogen-bond acceptors (Lipinski definition) is 4. The van der Waals surface area contributed by atoms with Gasteiger partial charge in [0.15, 0.2) is 0 Å². The molecule has 7 nitrogen and oxygen atoms in total. The molecule has 1 amide bonds. The van der Waals surface area contributed by atoms with Gasteiger partial charge in [-0.1, -0.05) is 0 Å². The van der Waals surface area contributed by atoms with Crippen LogP contribution in [-0.2, 0) is 22.5 Å². The van der Waals surface area contributed by atoms with E-state index >= 15 is 0 Å². The molecule has 1 aromatic heterocycles. The molecule has 1 heterocycles. The highest BCUT2D eigenvalue weighted by molar-refractivity contribution is 5.71. The van der Waals surface area contributed by atoms with Crippen molar-refractivity contribution in [2.45, 2.75) is 39.3 Å². The predicted molar refractivity (Wildman–Crippen MR) is 93.2 cm³/mol. The molecule has 0 radical (unpaired) electrons. The first-order valence-corrected chi connectivity index (χ1v) is 8.24. The van der Waals surface area contributed by atoms with E-state index in [0.29, 0.717) is 12.1 Å². The van der Waals surface area contributed by atoms with Crippen LogP contribution in [0.25, 0.3) is 11.1 Å². The third kappa shape index (κ3) is 6.05. The van der Waals surface area contributed by atoms with E-state index in [9.17, 15) is 18.4 Å². The van der Waals surface area contributed by atoms with Gasteiger partial charge in [0, 0.05) is 29.4 Å². The van der Waals surface area contributed by atoms with Gasteiger partial charge in [0.25, 0.3) is 0 Å². The minimum atomic E-state index is -1.24. The van der Waals surface area contributed by atoms with E-state index in [1.165, 1.54) is 17.1 Å². The molecule has 0 aliphatic heterocycles. The second-order valence-corrected chi connectivity index (χ2v) is 6.91. The van der Waals surface area contributed by atoms with Gasteiger partial charge >= 0.3 is 12.1 Å².